The van der Waals surface area contributed by atoms with E-state index in [4.69, 9.17) is 10.5 Å². The third kappa shape index (κ3) is 4.30. The molecule has 0 bridgehead atoms. The Labute approximate surface area is 122 Å². The van der Waals surface area contributed by atoms with Crippen LogP contribution in [0.25, 0.3) is 0 Å². The van der Waals surface area contributed by atoms with Crippen molar-refractivity contribution in [3.63, 3.8) is 0 Å². The second kappa shape index (κ2) is 7.03. The molecule has 5 heteroatoms. The fourth-order valence-electron chi connectivity index (χ4n) is 2.27. The van der Waals surface area contributed by atoms with Crippen LogP contribution >= 0.6 is 15.9 Å². The van der Waals surface area contributed by atoms with E-state index in [1.54, 1.807) is 0 Å². The second-order valence-electron chi connectivity index (χ2n) is 4.76. The average molecular weight is 327 g/mol. The third-order valence-electron chi connectivity index (χ3n) is 3.35. The molecule has 0 radical (unpaired) electrons. The van der Waals surface area contributed by atoms with Crippen LogP contribution in [0.1, 0.15) is 12.0 Å². The number of primary amides is 1. The maximum absolute atomic E-state index is 11.1. The lowest BCUT2D eigenvalue weighted by Crippen LogP contribution is -2.48. The first kappa shape index (κ1) is 14.5. The number of nitrogens with zero attached hydrogens (tertiary/aromatic N) is 1. The van der Waals surface area contributed by atoms with Crippen molar-refractivity contribution < 1.29 is 9.53 Å². The second-order valence-corrected chi connectivity index (χ2v) is 5.61. The zero-order valence-electron chi connectivity index (χ0n) is 10.8. The third-order valence-corrected chi connectivity index (χ3v) is 4.12. The molecule has 0 saturated carbocycles. The molecule has 0 aliphatic carbocycles. The monoisotopic (exact) mass is 326 g/mol. The number of nitrogens with two attached hydrogens (primary N) is 1. The summed E-state index contributed by atoms with van der Waals surface area (Å²) in [5.74, 6) is -0.365. The molecule has 104 valence electrons. The molecule has 2 rings (SSSR count). The first-order chi connectivity index (χ1) is 9.16. The number of rotatable bonds is 5. The van der Waals surface area contributed by atoms with Gasteiger partial charge in [-0.2, -0.15) is 0 Å². The Hall–Kier alpha value is -0.910. The summed E-state index contributed by atoms with van der Waals surface area (Å²) in [6.45, 7) is 3.04. The minimum Gasteiger partial charge on any atom is -0.367 e. The predicted molar refractivity (Wildman–Crippen MR) is 77.8 cm³/mol. The maximum atomic E-state index is 11.1. The van der Waals surface area contributed by atoms with Crippen molar-refractivity contribution in [1.29, 1.82) is 0 Å². The van der Waals surface area contributed by atoms with Crippen LogP contribution in [0.5, 0.6) is 0 Å². The fraction of sp³-hybridized carbons (Fsp3) is 0.500. The Morgan fingerprint density at radius 2 is 2.26 bits per heavy atom. The molecule has 1 amide bonds. The van der Waals surface area contributed by atoms with E-state index in [9.17, 15) is 4.79 Å². The van der Waals surface area contributed by atoms with Crippen molar-refractivity contribution in [3.05, 3.63) is 34.3 Å². The zero-order valence-corrected chi connectivity index (χ0v) is 12.4. The molecule has 1 atom stereocenters. The predicted octanol–water partition coefficient (Wildman–Crippen LogP) is 1.57. The van der Waals surface area contributed by atoms with Gasteiger partial charge in [0.25, 0.3) is 0 Å². The van der Waals surface area contributed by atoms with Gasteiger partial charge in [0, 0.05) is 17.6 Å². The summed E-state index contributed by atoms with van der Waals surface area (Å²) in [5, 5.41) is 0. The topological polar surface area (TPSA) is 55.6 Å². The minimum atomic E-state index is -0.447. The highest BCUT2D eigenvalue weighted by molar-refractivity contribution is 9.10. The summed E-state index contributed by atoms with van der Waals surface area (Å²) in [5.41, 5.74) is 6.59. The lowest BCUT2D eigenvalue weighted by molar-refractivity contribution is -0.135. The van der Waals surface area contributed by atoms with Gasteiger partial charge in [0.1, 0.15) is 6.10 Å². The molecule has 1 fully saturated rings. The number of amides is 1. The van der Waals surface area contributed by atoms with Crippen LogP contribution in [0.15, 0.2) is 28.7 Å². The van der Waals surface area contributed by atoms with Crippen molar-refractivity contribution >= 4 is 21.8 Å². The SMILES string of the molecule is NC(=O)[C@@H]1CN(CCCc2ccccc2Br)CCO1. The van der Waals surface area contributed by atoms with Gasteiger partial charge in [-0.3, -0.25) is 9.69 Å². The van der Waals surface area contributed by atoms with E-state index in [1.165, 1.54) is 5.56 Å². The first-order valence-corrected chi connectivity index (χ1v) is 7.33. The van der Waals surface area contributed by atoms with Gasteiger partial charge in [-0.05, 0) is 31.0 Å². The Bertz CT molecular complexity index is 439. The fourth-order valence-corrected chi connectivity index (χ4v) is 2.76. The molecule has 1 aromatic rings. The molecule has 1 heterocycles. The lowest BCUT2D eigenvalue weighted by Gasteiger charge is -2.31. The van der Waals surface area contributed by atoms with Crippen molar-refractivity contribution in [2.45, 2.75) is 18.9 Å². The van der Waals surface area contributed by atoms with Gasteiger partial charge in [-0.25, -0.2) is 0 Å². The number of hydrogen-bond acceptors (Lipinski definition) is 3. The Morgan fingerprint density at radius 1 is 1.47 bits per heavy atom. The van der Waals surface area contributed by atoms with E-state index in [1.807, 2.05) is 6.07 Å². The first-order valence-electron chi connectivity index (χ1n) is 6.53. The van der Waals surface area contributed by atoms with Crippen molar-refractivity contribution in [2.75, 3.05) is 26.2 Å². The number of morpholine rings is 1. The van der Waals surface area contributed by atoms with E-state index in [0.717, 1.165) is 30.4 Å². The highest BCUT2D eigenvalue weighted by Crippen LogP contribution is 2.17. The van der Waals surface area contributed by atoms with Crippen LogP contribution in [0, 0.1) is 0 Å². The Kier molecular flexibility index (Phi) is 5.36. The van der Waals surface area contributed by atoms with Gasteiger partial charge in [-0.15, -0.1) is 0 Å². The molecule has 1 aromatic carbocycles. The van der Waals surface area contributed by atoms with E-state index < -0.39 is 6.10 Å². The molecule has 0 unspecified atom stereocenters. The molecule has 1 aliphatic rings. The lowest BCUT2D eigenvalue weighted by atomic mass is 10.1. The van der Waals surface area contributed by atoms with Gasteiger partial charge in [0.05, 0.1) is 6.61 Å². The number of benzene rings is 1. The molecule has 0 spiro atoms. The van der Waals surface area contributed by atoms with Gasteiger partial charge in [-0.1, -0.05) is 34.1 Å². The summed E-state index contributed by atoms with van der Waals surface area (Å²) in [7, 11) is 0. The van der Waals surface area contributed by atoms with Crippen LogP contribution in [0.3, 0.4) is 0 Å². The Morgan fingerprint density at radius 3 is 3.00 bits per heavy atom. The number of carbonyl (C=O) groups excluding carboxylic acids is 1. The van der Waals surface area contributed by atoms with Crippen LogP contribution in [-0.4, -0.2) is 43.2 Å². The molecule has 4 nitrogen and oxygen atoms in total. The van der Waals surface area contributed by atoms with Gasteiger partial charge in [0.2, 0.25) is 5.91 Å². The van der Waals surface area contributed by atoms with E-state index in [-0.39, 0.29) is 5.91 Å². The molecule has 1 saturated heterocycles. The van der Waals surface area contributed by atoms with Gasteiger partial charge in [0.15, 0.2) is 0 Å². The molecule has 1 aliphatic heterocycles. The summed E-state index contributed by atoms with van der Waals surface area (Å²) in [6, 6.07) is 8.27. The Balaban J connectivity index is 1.77. The number of ether oxygens (including phenoxy) is 1. The van der Waals surface area contributed by atoms with Gasteiger partial charge < -0.3 is 10.5 Å². The number of halogens is 1. The maximum Gasteiger partial charge on any atom is 0.247 e. The van der Waals surface area contributed by atoms with Crippen molar-refractivity contribution in [1.82, 2.24) is 4.90 Å². The summed E-state index contributed by atoms with van der Waals surface area (Å²) >= 11 is 3.56. The smallest absolute Gasteiger partial charge is 0.247 e. The summed E-state index contributed by atoms with van der Waals surface area (Å²) in [6.07, 6.45) is 1.64. The molecular formula is C14H19BrN2O2. The highest BCUT2D eigenvalue weighted by Gasteiger charge is 2.24. The van der Waals surface area contributed by atoms with Crippen LogP contribution < -0.4 is 5.73 Å². The molecule has 2 N–H and O–H groups in total. The highest BCUT2D eigenvalue weighted by atomic mass is 79.9. The molecular weight excluding hydrogens is 308 g/mol. The molecule has 19 heavy (non-hydrogen) atoms. The average Bonchev–Trinajstić information content (AvgIpc) is 2.41. The normalized spacial score (nSPS) is 20.4. The van der Waals surface area contributed by atoms with Crippen LogP contribution in [-0.2, 0) is 16.0 Å². The number of hydrogen-bond donors (Lipinski definition) is 1. The van der Waals surface area contributed by atoms with Crippen LogP contribution in [0.2, 0.25) is 0 Å². The number of aryl methyl sites for hydroxylation is 1. The van der Waals surface area contributed by atoms with E-state index >= 15 is 0 Å². The molecule has 0 aromatic heterocycles. The van der Waals surface area contributed by atoms with E-state index in [2.05, 4.69) is 39.0 Å². The minimum absolute atomic E-state index is 0.365. The van der Waals surface area contributed by atoms with Crippen molar-refractivity contribution in [3.8, 4) is 0 Å². The van der Waals surface area contributed by atoms with Gasteiger partial charge >= 0.3 is 0 Å². The van der Waals surface area contributed by atoms with Crippen molar-refractivity contribution in [2.24, 2.45) is 5.73 Å². The quantitative estimate of drug-likeness (QED) is 0.893. The standard InChI is InChI=1S/C14H19BrN2O2/c15-12-6-2-1-4-11(12)5-3-7-17-8-9-19-13(10-17)14(16)18/h1-2,4,6,13H,3,5,7-10H2,(H2,16,18)/t13-/m0/s1. The summed E-state index contributed by atoms with van der Waals surface area (Å²) in [4.78, 5) is 13.4. The zero-order chi connectivity index (χ0) is 13.7. The van der Waals surface area contributed by atoms with E-state index in [0.29, 0.717) is 13.2 Å². The largest absolute Gasteiger partial charge is 0.367 e. The number of carbonyl (C=O) groups is 1. The van der Waals surface area contributed by atoms with Crippen LogP contribution in [0.4, 0.5) is 0 Å². The summed E-state index contributed by atoms with van der Waals surface area (Å²) < 4.78 is 6.49.